The summed E-state index contributed by atoms with van der Waals surface area (Å²) in [5.74, 6) is 0. The van der Waals surface area contributed by atoms with Crippen LogP contribution in [-0.4, -0.2) is 0 Å². The largest absolute Gasteiger partial charge is 0.324 e. The van der Waals surface area contributed by atoms with Gasteiger partial charge in [-0.15, -0.1) is 0 Å². The molecular weight excluding hydrogens is 214 g/mol. The van der Waals surface area contributed by atoms with Crippen LogP contribution in [0.1, 0.15) is 28.3 Å². The van der Waals surface area contributed by atoms with Crippen molar-refractivity contribution in [3.8, 4) is 0 Å². The monoisotopic (exact) mass is 231 g/mol. The summed E-state index contributed by atoms with van der Waals surface area (Å²) in [7, 11) is 0. The van der Waals surface area contributed by atoms with Crippen molar-refractivity contribution in [1.29, 1.82) is 0 Å². The van der Waals surface area contributed by atoms with Gasteiger partial charge < -0.3 is 5.73 Å². The van der Waals surface area contributed by atoms with Crippen LogP contribution < -0.4 is 5.73 Å². The predicted octanol–water partition coefficient (Wildman–Crippen LogP) is 3.61. The van der Waals surface area contributed by atoms with Gasteiger partial charge in [-0.1, -0.05) is 18.2 Å². The third kappa shape index (κ3) is 2.52. The van der Waals surface area contributed by atoms with Crippen LogP contribution in [0.5, 0.6) is 0 Å². The zero-order chi connectivity index (χ0) is 11.5. The molecule has 0 aliphatic rings. The van der Waals surface area contributed by atoms with E-state index in [9.17, 15) is 0 Å². The van der Waals surface area contributed by atoms with Gasteiger partial charge in [0, 0.05) is 6.04 Å². The third-order valence-electron chi connectivity index (χ3n) is 3.00. The molecule has 1 aromatic heterocycles. The second kappa shape index (κ2) is 4.81. The fourth-order valence-corrected chi connectivity index (χ4v) is 2.51. The molecule has 2 rings (SSSR count). The maximum absolute atomic E-state index is 6.17. The molecule has 0 fully saturated rings. The van der Waals surface area contributed by atoms with Crippen molar-refractivity contribution < 1.29 is 0 Å². The molecule has 0 aliphatic carbocycles. The molecule has 1 aromatic carbocycles. The lowest BCUT2D eigenvalue weighted by Gasteiger charge is -2.11. The molecule has 2 heteroatoms. The van der Waals surface area contributed by atoms with Crippen LogP contribution >= 0.6 is 11.3 Å². The number of hydrogen-bond acceptors (Lipinski definition) is 2. The Bertz CT molecular complexity index is 460. The smallest absolute Gasteiger partial charge is 0.0344 e. The molecule has 2 N–H and O–H groups in total. The molecule has 1 heterocycles. The fourth-order valence-electron chi connectivity index (χ4n) is 1.79. The normalized spacial score (nSPS) is 12.7. The number of rotatable bonds is 3. The van der Waals surface area contributed by atoms with Crippen LogP contribution in [-0.2, 0) is 6.42 Å². The number of aryl methyl sites for hydroxylation is 2. The van der Waals surface area contributed by atoms with Crippen LogP contribution in [0.25, 0.3) is 0 Å². The molecule has 0 aliphatic heterocycles. The summed E-state index contributed by atoms with van der Waals surface area (Å²) in [5.41, 5.74) is 11.4. The van der Waals surface area contributed by atoms with Gasteiger partial charge in [-0.25, -0.2) is 0 Å². The second-order valence-corrected chi connectivity index (χ2v) is 5.07. The van der Waals surface area contributed by atoms with Gasteiger partial charge in [0.1, 0.15) is 0 Å². The van der Waals surface area contributed by atoms with E-state index in [1.165, 1.54) is 22.3 Å². The lowest BCUT2D eigenvalue weighted by atomic mass is 9.99. The van der Waals surface area contributed by atoms with E-state index in [0.29, 0.717) is 0 Å². The van der Waals surface area contributed by atoms with Crippen molar-refractivity contribution in [3.05, 3.63) is 57.3 Å². The summed E-state index contributed by atoms with van der Waals surface area (Å²) in [6.45, 7) is 4.28. The first-order valence-corrected chi connectivity index (χ1v) is 6.45. The average Bonchev–Trinajstić information content (AvgIpc) is 2.77. The molecule has 16 heavy (non-hydrogen) atoms. The Kier molecular flexibility index (Phi) is 3.42. The van der Waals surface area contributed by atoms with Gasteiger partial charge in [-0.3, -0.25) is 0 Å². The van der Waals surface area contributed by atoms with Gasteiger partial charge in [0.05, 0.1) is 0 Å². The van der Waals surface area contributed by atoms with E-state index in [0.717, 1.165) is 6.42 Å². The molecule has 2 aromatic rings. The maximum atomic E-state index is 6.17. The van der Waals surface area contributed by atoms with Crippen molar-refractivity contribution in [1.82, 2.24) is 0 Å². The standard InChI is InChI=1S/C14H17NS/c1-10-3-4-12(7-11(10)2)8-14(15)13-5-6-16-9-13/h3-7,9,14H,8,15H2,1-2H3. The molecular formula is C14H17NS. The van der Waals surface area contributed by atoms with E-state index in [4.69, 9.17) is 5.73 Å². The Morgan fingerprint density at radius 1 is 1.19 bits per heavy atom. The van der Waals surface area contributed by atoms with Crippen LogP contribution in [0, 0.1) is 13.8 Å². The van der Waals surface area contributed by atoms with Crippen molar-refractivity contribution in [2.24, 2.45) is 5.73 Å². The fraction of sp³-hybridized carbons (Fsp3) is 0.286. The van der Waals surface area contributed by atoms with E-state index in [1.54, 1.807) is 11.3 Å². The van der Waals surface area contributed by atoms with Crippen molar-refractivity contribution in [3.63, 3.8) is 0 Å². The van der Waals surface area contributed by atoms with E-state index < -0.39 is 0 Å². The highest BCUT2D eigenvalue weighted by Crippen LogP contribution is 2.19. The Balaban J connectivity index is 2.12. The lowest BCUT2D eigenvalue weighted by Crippen LogP contribution is -2.12. The highest BCUT2D eigenvalue weighted by atomic mass is 32.1. The molecule has 0 bridgehead atoms. The minimum Gasteiger partial charge on any atom is -0.324 e. The van der Waals surface area contributed by atoms with Crippen LogP contribution in [0.4, 0.5) is 0 Å². The zero-order valence-electron chi connectivity index (χ0n) is 9.73. The molecule has 1 nitrogen and oxygen atoms in total. The summed E-state index contributed by atoms with van der Waals surface area (Å²) >= 11 is 1.70. The highest BCUT2D eigenvalue weighted by molar-refractivity contribution is 7.07. The van der Waals surface area contributed by atoms with Crippen LogP contribution in [0.3, 0.4) is 0 Å². The lowest BCUT2D eigenvalue weighted by molar-refractivity contribution is 0.724. The Morgan fingerprint density at radius 2 is 2.00 bits per heavy atom. The quantitative estimate of drug-likeness (QED) is 0.858. The van der Waals surface area contributed by atoms with E-state index in [1.807, 2.05) is 0 Å². The zero-order valence-corrected chi connectivity index (χ0v) is 10.6. The summed E-state index contributed by atoms with van der Waals surface area (Å²) in [6, 6.07) is 8.81. The first-order chi connectivity index (χ1) is 7.66. The van der Waals surface area contributed by atoms with Gasteiger partial charge in [0.25, 0.3) is 0 Å². The minimum absolute atomic E-state index is 0.119. The van der Waals surface area contributed by atoms with Gasteiger partial charge in [0.15, 0.2) is 0 Å². The van der Waals surface area contributed by atoms with Gasteiger partial charge in [-0.05, 0) is 59.3 Å². The Morgan fingerprint density at radius 3 is 2.62 bits per heavy atom. The summed E-state index contributed by atoms with van der Waals surface area (Å²) in [6.07, 6.45) is 0.915. The Labute approximate surface area is 101 Å². The van der Waals surface area contributed by atoms with Gasteiger partial charge in [0.2, 0.25) is 0 Å². The van der Waals surface area contributed by atoms with Crippen LogP contribution in [0.15, 0.2) is 35.0 Å². The number of thiophene rings is 1. The van der Waals surface area contributed by atoms with Crippen molar-refractivity contribution in [2.45, 2.75) is 26.3 Å². The molecule has 1 unspecified atom stereocenters. The molecule has 0 radical (unpaired) electrons. The summed E-state index contributed by atoms with van der Waals surface area (Å²) in [4.78, 5) is 0. The van der Waals surface area contributed by atoms with Crippen LogP contribution in [0.2, 0.25) is 0 Å². The van der Waals surface area contributed by atoms with Crippen molar-refractivity contribution in [2.75, 3.05) is 0 Å². The SMILES string of the molecule is Cc1ccc(CC(N)c2ccsc2)cc1C. The van der Waals surface area contributed by atoms with Gasteiger partial charge in [-0.2, -0.15) is 11.3 Å². The predicted molar refractivity (Wildman–Crippen MR) is 70.9 cm³/mol. The highest BCUT2D eigenvalue weighted by Gasteiger charge is 2.07. The van der Waals surface area contributed by atoms with E-state index >= 15 is 0 Å². The first kappa shape index (κ1) is 11.4. The third-order valence-corrected chi connectivity index (χ3v) is 3.70. The average molecular weight is 231 g/mol. The number of hydrogen-bond donors (Lipinski definition) is 1. The number of nitrogens with two attached hydrogens (primary N) is 1. The maximum Gasteiger partial charge on any atom is 0.0344 e. The Hall–Kier alpha value is -1.12. The summed E-state index contributed by atoms with van der Waals surface area (Å²) < 4.78 is 0. The summed E-state index contributed by atoms with van der Waals surface area (Å²) in [5, 5.41) is 4.21. The number of benzene rings is 1. The minimum atomic E-state index is 0.119. The molecule has 0 saturated heterocycles. The molecule has 1 atom stereocenters. The van der Waals surface area contributed by atoms with Gasteiger partial charge >= 0.3 is 0 Å². The molecule has 0 amide bonds. The molecule has 84 valence electrons. The first-order valence-electron chi connectivity index (χ1n) is 5.50. The molecule has 0 spiro atoms. The molecule has 0 saturated carbocycles. The topological polar surface area (TPSA) is 26.0 Å². The van der Waals surface area contributed by atoms with E-state index in [2.05, 4.69) is 48.9 Å². The van der Waals surface area contributed by atoms with E-state index in [-0.39, 0.29) is 6.04 Å². The van der Waals surface area contributed by atoms with Crippen molar-refractivity contribution >= 4 is 11.3 Å². The second-order valence-electron chi connectivity index (χ2n) is 4.29.